The van der Waals surface area contributed by atoms with Crippen LogP contribution in [0.3, 0.4) is 0 Å². The summed E-state index contributed by atoms with van der Waals surface area (Å²) in [6.07, 6.45) is 5.41. The van der Waals surface area contributed by atoms with Crippen molar-refractivity contribution in [1.82, 2.24) is 25.1 Å². The average Bonchev–Trinajstić information content (AvgIpc) is 3.17. The molecule has 7 heteroatoms. The average molecular weight is 343 g/mol. The number of amides is 2. The van der Waals surface area contributed by atoms with Crippen molar-refractivity contribution in [1.29, 1.82) is 0 Å². The molecule has 0 radical (unpaired) electrons. The molecule has 1 aliphatic heterocycles. The van der Waals surface area contributed by atoms with Gasteiger partial charge in [-0.05, 0) is 24.6 Å². The van der Waals surface area contributed by atoms with E-state index in [0.717, 1.165) is 44.1 Å². The van der Waals surface area contributed by atoms with E-state index in [1.54, 1.807) is 12.5 Å². The summed E-state index contributed by atoms with van der Waals surface area (Å²) in [5, 5.41) is 5.90. The quantitative estimate of drug-likeness (QED) is 0.835. The van der Waals surface area contributed by atoms with Crippen LogP contribution in [-0.4, -0.2) is 59.9 Å². The van der Waals surface area contributed by atoms with Gasteiger partial charge in [-0.3, -0.25) is 4.90 Å². The lowest BCUT2D eigenvalue weighted by Gasteiger charge is -2.26. The zero-order chi connectivity index (χ0) is 17.5. The summed E-state index contributed by atoms with van der Waals surface area (Å²) in [5.41, 5.74) is 2.11. The van der Waals surface area contributed by atoms with E-state index in [-0.39, 0.29) is 12.1 Å². The molecule has 1 aromatic heterocycles. The topological polar surface area (TPSA) is 71.4 Å². The molecule has 2 aromatic rings. The molecule has 1 aliphatic rings. The van der Waals surface area contributed by atoms with Crippen LogP contribution in [-0.2, 0) is 4.74 Å². The van der Waals surface area contributed by atoms with Gasteiger partial charge < -0.3 is 19.9 Å². The molecule has 2 amide bonds. The van der Waals surface area contributed by atoms with Crippen molar-refractivity contribution in [3.8, 4) is 5.69 Å². The van der Waals surface area contributed by atoms with Crippen LogP contribution in [0.2, 0.25) is 0 Å². The molecule has 0 bridgehead atoms. The van der Waals surface area contributed by atoms with Crippen LogP contribution in [0.15, 0.2) is 43.0 Å². The predicted octanol–water partition coefficient (Wildman–Crippen LogP) is 1.56. The van der Waals surface area contributed by atoms with Gasteiger partial charge in [-0.2, -0.15) is 0 Å². The Labute approximate surface area is 148 Å². The Balaban J connectivity index is 1.43. The van der Waals surface area contributed by atoms with Crippen LogP contribution in [0, 0.1) is 0 Å². The number of morpholine rings is 1. The van der Waals surface area contributed by atoms with E-state index in [0.29, 0.717) is 6.54 Å². The molecular formula is C18H25N5O2. The molecule has 0 spiro atoms. The molecule has 1 unspecified atom stereocenters. The number of urea groups is 1. The van der Waals surface area contributed by atoms with Gasteiger partial charge in [0.1, 0.15) is 0 Å². The first-order chi connectivity index (χ1) is 12.2. The maximum Gasteiger partial charge on any atom is 0.315 e. The molecular weight excluding hydrogens is 318 g/mol. The number of carbonyl (C=O) groups is 1. The van der Waals surface area contributed by atoms with E-state index in [9.17, 15) is 4.79 Å². The lowest BCUT2D eigenvalue weighted by atomic mass is 10.1. The van der Waals surface area contributed by atoms with Gasteiger partial charge in [0.25, 0.3) is 0 Å². The van der Waals surface area contributed by atoms with E-state index in [1.807, 2.05) is 42.0 Å². The van der Waals surface area contributed by atoms with Crippen LogP contribution < -0.4 is 10.6 Å². The fraction of sp³-hybridized carbons (Fsp3) is 0.444. The van der Waals surface area contributed by atoms with E-state index in [1.165, 1.54) is 0 Å². The van der Waals surface area contributed by atoms with Crippen molar-refractivity contribution < 1.29 is 9.53 Å². The molecule has 1 aromatic carbocycles. The van der Waals surface area contributed by atoms with Gasteiger partial charge in [-0.15, -0.1) is 0 Å². The van der Waals surface area contributed by atoms with Gasteiger partial charge in [0, 0.05) is 44.3 Å². The van der Waals surface area contributed by atoms with Crippen molar-refractivity contribution in [2.75, 3.05) is 39.4 Å². The molecule has 2 heterocycles. The lowest BCUT2D eigenvalue weighted by molar-refractivity contribution is 0.0387. The summed E-state index contributed by atoms with van der Waals surface area (Å²) in [4.78, 5) is 18.4. The highest BCUT2D eigenvalue weighted by Crippen LogP contribution is 2.15. The monoisotopic (exact) mass is 343 g/mol. The minimum absolute atomic E-state index is 0.0553. The van der Waals surface area contributed by atoms with Crippen LogP contribution >= 0.6 is 0 Å². The summed E-state index contributed by atoms with van der Waals surface area (Å²) < 4.78 is 7.26. The van der Waals surface area contributed by atoms with E-state index in [2.05, 4.69) is 20.5 Å². The van der Waals surface area contributed by atoms with Crippen LogP contribution in [0.4, 0.5) is 4.79 Å². The van der Waals surface area contributed by atoms with E-state index in [4.69, 9.17) is 4.74 Å². The molecule has 0 aliphatic carbocycles. The molecule has 1 fully saturated rings. The fourth-order valence-corrected chi connectivity index (χ4v) is 2.83. The van der Waals surface area contributed by atoms with Gasteiger partial charge in [0.15, 0.2) is 0 Å². The number of ether oxygens (including phenoxy) is 1. The van der Waals surface area contributed by atoms with E-state index >= 15 is 0 Å². The summed E-state index contributed by atoms with van der Waals surface area (Å²) in [5.74, 6) is 0. The smallest absolute Gasteiger partial charge is 0.315 e. The first-order valence-corrected chi connectivity index (χ1v) is 8.65. The Morgan fingerprint density at radius 1 is 1.28 bits per heavy atom. The number of benzene rings is 1. The standard InChI is InChI=1S/C18H25N5O2/c1-15(16-2-4-17(5-3-16)23-9-6-19-14-23)21-18(24)20-7-8-22-10-12-25-13-11-22/h2-6,9,14-15H,7-8,10-13H2,1H3,(H2,20,21,24). The Morgan fingerprint density at radius 2 is 2.04 bits per heavy atom. The zero-order valence-electron chi connectivity index (χ0n) is 14.5. The van der Waals surface area contributed by atoms with Gasteiger partial charge >= 0.3 is 6.03 Å². The molecule has 1 atom stereocenters. The molecule has 0 saturated carbocycles. The second-order valence-electron chi connectivity index (χ2n) is 6.14. The highest BCUT2D eigenvalue weighted by atomic mass is 16.5. The zero-order valence-corrected chi connectivity index (χ0v) is 14.5. The maximum absolute atomic E-state index is 12.0. The predicted molar refractivity (Wildman–Crippen MR) is 95.8 cm³/mol. The second kappa shape index (κ2) is 8.64. The Hall–Kier alpha value is -2.38. The third kappa shape index (κ3) is 5.04. The largest absolute Gasteiger partial charge is 0.379 e. The van der Waals surface area contributed by atoms with Gasteiger partial charge in [-0.25, -0.2) is 9.78 Å². The normalized spacial score (nSPS) is 16.4. The molecule has 134 valence electrons. The highest BCUT2D eigenvalue weighted by molar-refractivity contribution is 5.74. The minimum atomic E-state index is -0.139. The minimum Gasteiger partial charge on any atom is -0.379 e. The van der Waals surface area contributed by atoms with Crippen LogP contribution in [0.1, 0.15) is 18.5 Å². The summed E-state index contributed by atoms with van der Waals surface area (Å²) in [6.45, 7) is 6.89. The SMILES string of the molecule is CC(NC(=O)NCCN1CCOCC1)c1ccc(-n2ccnc2)cc1. The first-order valence-electron chi connectivity index (χ1n) is 8.65. The number of hydrogen-bond acceptors (Lipinski definition) is 4. The number of nitrogens with zero attached hydrogens (tertiary/aromatic N) is 3. The van der Waals surface area contributed by atoms with Crippen molar-refractivity contribution in [2.45, 2.75) is 13.0 Å². The Bertz CT molecular complexity index is 651. The van der Waals surface area contributed by atoms with Crippen molar-refractivity contribution in [3.05, 3.63) is 48.5 Å². The summed E-state index contributed by atoms with van der Waals surface area (Å²) in [6, 6.07) is 7.89. The fourth-order valence-electron chi connectivity index (χ4n) is 2.83. The number of carbonyl (C=O) groups excluding carboxylic acids is 1. The van der Waals surface area contributed by atoms with Crippen molar-refractivity contribution in [3.63, 3.8) is 0 Å². The summed E-state index contributed by atoms with van der Waals surface area (Å²) >= 11 is 0. The van der Waals surface area contributed by atoms with Crippen molar-refractivity contribution in [2.24, 2.45) is 0 Å². The first kappa shape index (κ1) is 17.4. The molecule has 25 heavy (non-hydrogen) atoms. The lowest BCUT2D eigenvalue weighted by Crippen LogP contribution is -2.44. The third-order valence-corrected chi connectivity index (χ3v) is 4.36. The van der Waals surface area contributed by atoms with Gasteiger partial charge in [0.2, 0.25) is 0 Å². The number of nitrogens with one attached hydrogen (secondary N) is 2. The third-order valence-electron chi connectivity index (χ3n) is 4.36. The Morgan fingerprint density at radius 3 is 2.72 bits per heavy atom. The van der Waals surface area contributed by atoms with E-state index < -0.39 is 0 Å². The summed E-state index contributed by atoms with van der Waals surface area (Å²) in [7, 11) is 0. The molecule has 3 rings (SSSR count). The van der Waals surface area contributed by atoms with Gasteiger partial charge in [0.05, 0.1) is 25.6 Å². The second-order valence-corrected chi connectivity index (χ2v) is 6.14. The van der Waals surface area contributed by atoms with Crippen LogP contribution in [0.5, 0.6) is 0 Å². The van der Waals surface area contributed by atoms with Gasteiger partial charge in [-0.1, -0.05) is 12.1 Å². The van der Waals surface area contributed by atoms with Crippen LogP contribution in [0.25, 0.3) is 5.69 Å². The molecule has 1 saturated heterocycles. The molecule has 2 N–H and O–H groups in total. The van der Waals surface area contributed by atoms with Crippen molar-refractivity contribution >= 4 is 6.03 Å². The Kier molecular flexibility index (Phi) is 6.03. The number of imidazole rings is 1. The number of aromatic nitrogens is 2. The maximum atomic E-state index is 12.0. The highest BCUT2D eigenvalue weighted by Gasteiger charge is 2.12. The number of hydrogen-bond donors (Lipinski definition) is 2. The molecule has 7 nitrogen and oxygen atoms in total. The number of rotatable bonds is 6.